The molecular weight excluding hydrogens is 345 g/mol. The Hall–Kier alpha value is -2.35. The predicted octanol–water partition coefficient (Wildman–Crippen LogP) is 1.40. The first kappa shape index (κ1) is 19.4. The van der Waals surface area contributed by atoms with Gasteiger partial charge in [0.2, 0.25) is 0 Å². The Morgan fingerprint density at radius 2 is 1.81 bits per heavy atom. The van der Waals surface area contributed by atoms with E-state index in [1.807, 2.05) is 54.6 Å². The van der Waals surface area contributed by atoms with Crippen LogP contribution in [0.2, 0.25) is 0 Å². The van der Waals surface area contributed by atoms with Crippen molar-refractivity contribution in [2.75, 3.05) is 20.3 Å². The molecule has 1 fully saturated rings. The van der Waals surface area contributed by atoms with Crippen molar-refractivity contribution in [3.8, 4) is 5.75 Å². The molecule has 7 heteroatoms. The van der Waals surface area contributed by atoms with Gasteiger partial charge in [-0.1, -0.05) is 42.5 Å². The Kier molecular flexibility index (Phi) is 6.87. The molecule has 3 rings (SSSR count). The lowest BCUT2D eigenvalue weighted by atomic mass is 10.0. The molecule has 0 aliphatic carbocycles. The van der Waals surface area contributed by atoms with Gasteiger partial charge in [0.25, 0.3) is 0 Å². The lowest BCUT2D eigenvalue weighted by Gasteiger charge is -2.30. The summed E-state index contributed by atoms with van der Waals surface area (Å²) in [5.74, 6) is 0.468. The molecule has 1 aliphatic rings. The fraction of sp³-hybridized carbons (Fsp3) is 0.350. The maximum Gasteiger partial charge on any atom is 0.322 e. The highest BCUT2D eigenvalue weighted by Crippen LogP contribution is 2.24. The zero-order valence-electron chi connectivity index (χ0n) is 15.6. The highest BCUT2D eigenvalue weighted by atomic mass is 16.7. The van der Waals surface area contributed by atoms with Crippen LogP contribution in [-0.4, -0.2) is 46.4 Å². The Bertz CT molecular complexity index is 717. The molecule has 27 heavy (non-hydrogen) atoms. The van der Waals surface area contributed by atoms with Gasteiger partial charge in [0.15, 0.2) is 14.3 Å². The molecule has 0 saturated carbocycles. The number of methoxy groups -OCH3 is 1. The molecule has 2 aromatic carbocycles. The Labute approximate surface area is 160 Å². The van der Waals surface area contributed by atoms with Crippen LogP contribution in [0.1, 0.15) is 17.4 Å². The number of hydrogen-bond donors (Lipinski definition) is 1. The van der Waals surface area contributed by atoms with Gasteiger partial charge in [-0.3, -0.25) is 4.79 Å². The number of benzene rings is 2. The van der Waals surface area contributed by atoms with Crippen molar-refractivity contribution in [3.05, 3.63) is 65.7 Å². The van der Waals surface area contributed by atoms with Crippen LogP contribution in [0.3, 0.4) is 0 Å². The third-order valence-electron chi connectivity index (χ3n) is 4.44. The summed E-state index contributed by atoms with van der Waals surface area (Å²) >= 11 is 0. The van der Waals surface area contributed by atoms with E-state index in [9.17, 15) is 4.79 Å². The average molecular weight is 369 g/mol. The molecule has 1 saturated heterocycles. The molecule has 6 nitrogen and oxygen atoms in total. The third-order valence-corrected chi connectivity index (χ3v) is 4.44. The van der Waals surface area contributed by atoms with E-state index in [0.717, 1.165) is 16.9 Å². The van der Waals surface area contributed by atoms with Crippen LogP contribution < -0.4 is 9.96 Å². The van der Waals surface area contributed by atoms with Gasteiger partial charge in [-0.05, 0) is 24.1 Å². The van der Waals surface area contributed by atoms with Gasteiger partial charge in [0.1, 0.15) is 11.9 Å². The molecule has 1 aliphatic heterocycles. The molecule has 0 bridgehead atoms. The van der Waals surface area contributed by atoms with Crippen LogP contribution in [0.25, 0.3) is 0 Å². The van der Waals surface area contributed by atoms with Crippen LogP contribution in [-0.2, 0) is 25.4 Å². The van der Waals surface area contributed by atoms with Gasteiger partial charge >= 0.3 is 5.97 Å². The van der Waals surface area contributed by atoms with E-state index < -0.39 is 0 Å². The van der Waals surface area contributed by atoms with Gasteiger partial charge in [0.05, 0.1) is 26.4 Å². The Morgan fingerprint density at radius 3 is 2.41 bits per heavy atom. The van der Waals surface area contributed by atoms with Crippen LogP contribution in [0.15, 0.2) is 54.6 Å². The summed E-state index contributed by atoms with van der Waals surface area (Å²) in [5.41, 5.74) is 2.03. The van der Waals surface area contributed by atoms with E-state index in [1.165, 1.54) is 7.11 Å². The lowest BCUT2D eigenvalue weighted by Crippen LogP contribution is -2.37. The minimum Gasteiger partial charge on any atom is -0.486 e. The Balaban J connectivity index is 1.50. The van der Waals surface area contributed by atoms with E-state index in [2.05, 4.69) is 5.23 Å². The number of esters is 1. The normalized spacial score (nSPS) is 20.6. The third kappa shape index (κ3) is 5.32. The second-order valence-electron chi connectivity index (χ2n) is 6.36. The van der Waals surface area contributed by atoms with Gasteiger partial charge in [-0.2, -0.15) is 0 Å². The fourth-order valence-electron chi connectivity index (χ4n) is 2.93. The van der Waals surface area contributed by atoms with Crippen LogP contribution in [0, 0.1) is 0 Å². The summed E-state index contributed by atoms with van der Waals surface area (Å²) in [6, 6.07) is 17.2. The first-order valence-corrected chi connectivity index (χ1v) is 8.98. The monoisotopic (exact) mass is 369 g/mol. The second-order valence-corrected chi connectivity index (χ2v) is 6.36. The molecule has 0 unspecified atom stereocenters. The number of rotatable bonds is 7. The minimum atomic E-state index is -0.364. The molecule has 1 atom stereocenters. The standard InChI is InChI=1S/C20H24BNO5/c1-24-19(23)18(22-21)11-14-7-9-16(10-8-14)27-17-12-25-20(26-13-17)15-5-3-2-4-6-15/h2-10,17-18,20,22H,11-13,21H2,1H3/t17?,18-,20?/m0/s1. The van der Waals surface area contributed by atoms with Crippen LogP contribution in [0.4, 0.5) is 0 Å². The summed E-state index contributed by atoms with van der Waals surface area (Å²) < 4.78 is 22.3. The van der Waals surface area contributed by atoms with Crippen molar-refractivity contribution in [2.24, 2.45) is 0 Å². The zero-order chi connectivity index (χ0) is 19.1. The van der Waals surface area contributed by atoms with Gasteiger partial charge in [-0.25, -0.2) is 0 Å². The van der Waals surface area contributed by atoms with E-state index in [4.69, 9.17) is 18.9 Å². The van der Waals surface area contributed by atoms with Crippen molar-refractivity contribution in [2.45, 2.75) is 24.9 Å². The fourth-order valence-corrected chi connectivity index (χ4v) is 2.93. The van der Waals surface area contributed by atoms with E-state index in [-0.39, 0.29) is 24.4 Å². The smallest absolute Gasteiger partial charge is 0.322 e. The van der Waals surface area contributed by atoms with Crippen molar-refractivity contribution < 1.29 is 23.7 Å². The molecule has 0 amide bonds. The van der Waals surface area contributed by atoms with E-state index >= 15 is 0 Å². The topological polar surface area (TPSA) is 66.0 Å². The molecule has 1 N–H and O–H groups in total. The Morgan fingerprint density at radius 1 is 1.15 bits per heavy atom. The number of ether oxygens (including phenoxy) is 4. The summed E-state index contributed by atoms with van der Waals surface area (Å²) in [5, 5.41) is 2.96. The molecule has 2 aromatic rings. The highest BCUT2D eigenvalue weighted by molar-refractivity contribution is 6.06. The first-order valence-electron chi connectivity index (χ1n) is 8.98. The summed E-state index contributed by atoms with van der Waals surface area (Å²) in [6.45, 7) is 0.928. The number of nitrogens with one attached hydrogen (secondary N) is 1. The van der Waals surface area contributed by atoms with Gasteiger partial charge in [0, 0.05) is 5.56 Å². The van der Waals surface area contributed by atoms with Crippen molar-refractivity contribution >= 4 is 14.0 Å². The zero-order valence-corrected chi connectivity index (χ0v) is 15.6. The SMILES string of the molecule is BN[C@@H](Cc1ccc(OC2COC(c3ccccc3)OC2)cc1)C(=O)OC. The van der Waals surface area contributed by atoms with Crippen LogP contribution >= 0.6 is 0 Å². The predicted molar refractivity (Wildman–Crippen MR) is 103 cm³/mol. The maximum atomic E-state index is 11.7. The molecule has 142 valence electrons. The molecule has 1 heterocycles. The number of carbonyl (C=O) groups is 1. The molecule has 0 spiro atoms. The second kappa shape index (κ2) is 9.55. The largest absolute Gasteiger partial charge is 0.486 e. The molecule has 0 radical (unpaired) electrons. The van der Waals surface area contributed by atoms with Crippen molar-refractivity contribution in [3.63, 3.8) is 0 Å². The first-order chi connectivity index (χ1) is 13.2. The maximum absolute atomic E-state index is 11.7. The van der Waals surface area contributed by atoms with Crippen molar-refractivity contribution in [1.29, 1.82) is 0 Å². The molecule has 0 aromatic heterocycles. The van der Waals surface area contributed by atoms with Gasteiger partial charge < -0.3 is 24.2 Å². The number of carbonyl (C=O) groups excluding carboxylic acids is 1. The van der Waals surface area contributed by atoms with Crippen molar-refractivity contribution in [1.82, 2.24) is 5.23 Å². The van der Waals surface area contributed by atoms with E-state index in [0.29, 0.717) is 19.6 Å². The minimum absolute atomic E-state index is 0.157. The summed E-state index contributed by atoms with van der Waals surface area (Å²) in [6.07, 6.45) is 0.0545. The molecular formula is C20H24BNO5. The quantitative estimate of drug-likeness (QED) is 0.588. The summed E-state index contributed by atoms with van der Waals surface area (Å²) in [7, 11) is 3.13. The number of hydrogen-bond acceptors (Lipinski definition) is 6. The summed E-state index contributed by atoms with van der Waals surface area (Å²) in [4.78, 5) is 11.7. The average Bonchev–Trinajstić information content (AvgIpc) is 2.74. The lowest BCUT2D eigenvalue weighted by molar-refractivity contribution is -0.215. The van der Waals surface area contributed by atoms with Crippen LogP contribution in [0.5, 0.6) is 5.75 Å². The highest BCUT2D eigenvalue weighted by Gasteiger charge is 2.24. The van der Waals surface area contributed by atoms with E-state index in [1.54, 1.807) is 7.98 Å². The van der Waals surface area contributed by atoms with Gasteiger partial charge in [-0.15, -0.1) is 0 Å².